The Hall–Kier alpha value is -3.68. The third-order valence-electron chi connectivity index (χ3n) is 5.26. The molecule has 0 saturated heterocycles. The average molecular weight is 460 g/mol. The van der Waals surface area contributed by atoms with Crippen LogP contribution in [-0.2, 0) is 0 Å². The highest BCUT2D eigenvalue weighted by molar-refractivity contribution is 6.02. The molecule has 5 nitrogen and oxygen atoms in total. The van der Waals surface area contributed by atoms with E-state index in [1.165, 1.54) is 64.8 Å². The fraction of sp³-hybridized carbons (Fsp3) is 0.240. The lowest BCUT2D eigenvalue weighted by atomic mass is 9.81. The van der Waals surface area contributed by atoms with Crippen LogP contribution in [0.2, 0.25) is 0 Å². The molecule has 1 atom stereocenters. The summed E-state index contributed by atoms with van der Waals surface area (Å²) in [6.45, 7) is 0. The Morgan fingerprint density at radius 1 is 0.758 bits per heavy atom. The zero-order valence-corrected chi connectivity index (χ0v) is 18.5. The van der Waals surface area contributed by atoms with Gasteiger partial charge in [0.05, 0.1) is 39.9 Å². The van der Waals surface area contributed by atoms with E-state index in [0.717, 1.165) is 24.3 Å². The summed E-state index contributed by atoms with van der Waals surface area (Å²) in [6.07, 6.45) is 0. The highest BCUT2D eigenvalue weighted by atomic mass is 19.3. The van der Waals surface area contributed by atoms with Gasteiger partial charge in [0, 0.05) is 17.7 Å². The van der Waals surface area contributed by atoms with Crippen molar-refractivity contribution in [1.29, 1.82) is 0 Å². The molecule has 8 heteroatoms. The van der Waals surface area contributed by atoms with Crippen molar-refractivity contribution in [2.75, 3.05) is 28.4 Å². The van der Waals surface area contributed by atoms with E-state index in [1.807, 2.05) is 0 Å². The van der Waals surface area contributed by atoms with E-state index in [2.05, 4.69) is 0 Å². The van der Waals surface area contributed by atoms with Gasteiger partial charge in [-0.05, 0) is 42.0 Å². The van der Waals surface area contributed by atoms with Crippen LogP contribution in [0.25, 0.3) is 0 Å². The van der Waals surface area contributed by atoms with Gasteiger partial charge in [0.15, 0.2) is 0 Å². The average Bonchev–Trinajstić information content (AvgIpc) is 2.84. The monoisotopic (exact) mass is 460 g/mol. The number of ketones is 1. The SMILES string of the molecule is COc1ccc(C(c2c(OC)cc(OC)cc2OC)C(F)(F)C(=O)c2ccc(F)cc2)cc1. The summed E-state index contributed by atoms with van der Waals surface area (Å²) in [5.74, 6) is -6.97. The van der Waals surface area contributed by atoms with Gasteiger partial charge in [-0.25, -0.2) is 4.39 Å². The normalized spacial score (nSPS) is 12.1. The topological polar surface area (TPSA) is 54.0 Å². The highest BCUT2D eigenvalue weighted by Crippen LogP contribution is 2.49. The van der Waals surface area contributed by atoms with Gasteiger partial charge in [-0.3, -0.25) is 4.79 Å². The van der Waals surface area contributed by atoms with Gasteiger partial charge in [0.2, 0.25) is 5.78 Å². The van der Waals surface area contributed by atoms with Gasteiger partial charge in [-0.2, -0.15) is 8.78 Å². The lowest BCUT2D eigenvalue weighted by molar-refractivity contribution is -0.00109. The number of halogens is 3. The Morgan fingerprint density at radius 2 is 1.27 bits per heavy atom. The van der Waals surface area contributed by atoms with Crippen molar-refractivity contribution in [3.8, 4) is 23.0 Å². The molecule has 0 amide bonds. The Bertz CT molecular complexity index is 1090. The first-order valence-electron chi connectivity index (χ1n) is 9.88. The van der Waals surface area contributed by atoms with Crippen molar-refractivity contribution in [3.05, 3.63) is 83.2 Å². The van der Waals surface area contributed by atoms with Crippen molar-refractivity contribution in [2.24, 2.45) is 0 Å². The summed E-state index contributed by atoms with van der Waals surface area (Å²) in [5.41, 5.74) is -0.240. The smallest absolute Gasteiger partial charge is 0.320 e. The highest BCUT2D eigenvalue weighted by Gasteiger charge is 2.51. The number of methoxy groups -OCH3 is 4. The lowest BCUT2D eigenvalue weighted by Crippen LogP contribution is -2.37. The second kappa shape index (κ2) is 9.85. The summed E-state index contributed by atoms with van der Waals surface area (Å²) in [7, 11) is 5.52. The fourth-order valence-corrected chi connectivity index (χ4v) is 3.60. The van der Waals surface area contributed by atoms with Gasteiger partial charge in [0.1, 0.15) is 28.8 Å². The fourth-order valence-electron chi connectivity index (χ4n) is 3.60. The van der Waals surface area contributed by atoms with Gasteiger partial charge in [-0.15, -0.1) is 0 Å². The van der Waals surface area contributed by atoms with Crippen molar-refractivity contribution in [3.63, 3.8) is 0 Å². The van der Waals surface area contributed by atoms with Crippen molar-refractivity contribution in [2.45, 2.75) is 11.8 Å². The lowest BCUT2D eigenvalue weighted by Gasteiger charge is -2.29. The second-order valence-electron chi connectivity index (χ2n) is 7.11. The third kappa shape index (κ3) is 4.74. The van der Waals surface area contributed by atoms with Gasteiger partial charge < -0.3 is 18.9 Å². The molecule has 0 saturated carbocycles. The molecule has 174 valence electrons. The van der Waals surface area contributed by atoms with Crippen LogP contribution in [0.3, 0.4) is 0 Å². The van der Waals surface area contributed by atoms with Crippen LogP contribution in [0, 0.1) is 5.82 Å². The first-order valence-corrected chi connectivity index (χ1v) is 9.88. The number of benzene rings is 3. The molecule has 0 fully saturated rings. The summed E-state index contributed by atoms with van der Waals surface area (Å²) in [5, 5.41) is 0. The van der Waals surface area contributed by atoms with Crippen molar-refractivity contribution in [1.82, 2.24) is 0 Å². The van der Waals surface area contributed by atoms with Crippen LogP contribution in [0.5, 0.6) is 23.0 Å². The Labute approximate surface area is 189 Å². The number of alkyl halides is 2. The molecule has 0 heterocycles. The molecule has 3 rings (SSSR count). The maximum atomic E-state index is 16.0. The minimum Gasteiger partial charge on any atom is -0.497 e. The molecule has 33 heavy (non-hydrogen) atoms. The zero-order chi connectivity index (χ0) is 24.2. The number of Topliss-reactive ketones (excluding diaryl/α,β-unsaturated/α-hetero) is 1. The molecular formula is C25H23F3O5. The number of carbonyl (C=O) groups excluding carboxylic acids is 1. The van der Waals surface area contributed by atoms with Crippen LogP contribution in [0.15, 0.2) is 60.7 Å². The Kier molecular flexibility index (Phi) is 7.16. The molecule has 0 aliphatic heterocycles. The van der Waals surface area contributed by atoms with Gasteiger partial charge in [-0.1, -0.05) is 12.1 Å². The minimum absolute atomic E-state index is 0.0357. The van der Waals surface area contributed by atoms with E-state index in [-0.39, 0.29) is 28.2 Å². The predicted octanol–water partition coefficient (Wildman–Crippen LogP) is 5.51. The van der Waals surface area contributed by atoms with E-state index in [9.17, 15) is 9.18 Å². The molecule has 0 aliphatic rings. The van der Waals surface area contributed by atoms with Crippen LogP contribution in [0.1, 0.15) is 27.4 Å². The van der Waals surface area contributed by atoms with Crippen LogP contribution in [-0.4, -0.2) is 40.1 Å². The zero-order valence-electron chi connectivity index (χ0n) is 18.5. The summed E-state index contributed by atoms with van der Waals surface area (Å²) < 4.78 is 66.5. The standard InChI is InChI=1S/C25H23F3O5/c1-30-18-11-7-15(8-12-18)23(22-20(32-3)13-19(31-2)14-21(22)33-4)25(27,28)24(29)16-5-9-17(26)10-6-16/h5-14,23H,1-4H3. The van der Waals surface area contributed by atoms with Crippen LogP contribution in [0.4, 0.5) is 13.2 Å². The largest absolute Gasteiger partial charge is 0.497 e. The number of rotatable bonds is 9. The molecule has 0 bridgehead atoms. The van der Waals surface area contributed by atoms with Crippen LogP contribution < -0.4 is 18.9 Å². The molecule has 3 aromatic carbocycles. The molecule has 3 aromatic rings. The van der Waals surface area contributed by atoms with Crippen molar-refractivity contribution >= 4 is 5.78 Å². The Morgan fingerprint density at radius 3 is 1.73 bits per heavy atom. The second-order valence-corrected chi connectivity index (χ2v) is 7.11. The van der Waals surface area contributed by atoms with E-state index in [0.29, 0.717) is 11.5 Å². The first-order chi connectivity index (χ1) is 15.8. The summed E-state index contributed by atoms with van der Waals surface area (Å²) >= 11 is 0. The predicted molar refractivity (Wildman–Crippen MR) is 117 cm³/mol. The maximum absolute atomic E-state index is 16.0. The van der Waals surface area contributed by atoms with E-state index < -0.39 is 23.4 Å². The minimum atomic E-state index is -3.96. The summed E-state index contributed by atoms with van der Waals surface area (Å²) in [6, 6.07) is 12.8. The molecule has 0 aromatic heterocycles. The number of ether oxygens (including phenoxy) is 4. The van der Waals surface area contributed by atoms with E-state index >= 15 is 8.78 Å². The molecule has 0 radical (unpaired) electrons. The quantitative estimate of drug-likeness (QED) is 0.394. The van der Waals surface area contributed by atoms with E-state index in [4.69, 9.17) is 18.9 Å². The van der Waals surface area contributed by atoms with Gasteiger partial charge >= 0.3 is 5.92 Å². The summed E-state index contributed by atoms with van der Waals surface area (Å²) in [4.78, 5) is 13.0. The van der Waals surface area contributed by atoms with Gasteiger partial charge in [0.25, 0.3) is 0 Å². The number of hydrogen-bond acceptors (Lipinski definition) is 5. The third-order valence-corrected chi connectivity index (χ3v) is 5.26. The molecule has 0 aliphatic carbocycles. The Balaban J connectivity index is 2.27. The number of carbonyl (C=O) groups is 1. The molecule has 1 unspecified atom stereocenters. The first kappa shape index (κ1) is 24.0. The molecular weight excluding hydrogens is 437 g/mol. The van der Waals surface area contributed by atoms with Crippen molar-refractivity contribution < 1.29 is 36.9 Å². The van der Waals surface area contributed by atoms with Crippen LogP contribution >= 0.6 is 0 Å². The van der Waals surface area contributed by atoms with E-state index in [1.54, 1.807) is 0 Å². The molecule has 0 N–H and O–H groups in total. The maximum Gasteiger partial charge on any atom is 0.320 e. The number of hydrogen-bond donors (Lipinski definition) is 0. The molecule has 0 spiro atoms.